The summed E-state index contributed by atoms with van der Waals surface area (Å²) in [5.41, 5.74) is 2.77. The first-order chi connectivity index (χ1) is 13.6. The van der Waals surface area contributed by atoms with E-state index in [0.29, 0.717) is 26.3 Å². The first-order valence-electron chi connectivity index (χ1n) is 8.49. The lowest BCUT2D eigenvalue weighted by Crippen LogP contribution is -2.21. The highest BCUT2D eigenvalue weighted by Crippen LogP contribution is 2.29. The van der Waals surface area contributed by atoms with Crippen LogP contribution >= 0.6 is 34.5 Å². The van der Waals surface area contributed by atoms with Gasteiger partial charge in [-0.3, -0.25) is 4.79 Å². The van der Waals surface area contributed by atoms with Crippen LogP contribution in [-0.2, 0) is 0 Å². The fraction of sp³-hybridized carbons (Fsp3) is 0. The van der Waals surface area contributed by atoms with Crippen LogP contribution in [0.25, 0.3) is 22.0 Å². The fourth-order valence-electron chi connectivity index (χ4n) is 2.70. The van der Waals surface area contributed by atoms with Gasteiger partial charge in [-0.15, -0.1) is 11.3 Å². The number of carbonyl (C=O) groups is 1. The van der Waals surface area contributed by atoms with Gasteiger partial charge in [-0.25, -0.2) is 4.98 Å². The number of thiazole rings is 1. The highest BCUT2D eigenvalue weighted by molar-refractivity contribution is 7.19. The van der Waals surface area contributed by atoms with E-state index in [9.17, 15) is 4.79 Å². The molecule has 3 aromatic carbocycles. The molecule has 4 rings (SSSR count). The molecular formula is C22H14Cl2N2OS. The Kier molecular flexibility index (Phi) is 5.44. The number of halogens is 2. The van der Waals surface area contributed by atoms with E-state index in [0.717, 1.165) is 15.8 Å². The quantitative estimate of drug-likeness (QED) is 0.404. The van der Waals surface area contributed by atoms with Gasteiger partial charge in [-0.1, -0.05) is 59.6 Å². The zero-order valence-corrected chi connectivity index (χ0v) is 16.9. The monoisotopic (exact) mass is 424 g/mol. The molecule has 0 spiro atoms. The highest BCUT2D eigenvalue weighted by Gasteiger charge is 2.14. The number of benzene rings is 3. The van der Waals surface area contributed by atoms with Crippen molar-refractivity contribution in [1.29, 1.82) is 0 Å². The normalized spacial score (nSPS) is 11.6. The Balaban J connectivity index is 1.78. The molecule has 1 amide bonds. The van der Waals surface area contributed by atoms with Crippen molar-refractivity contribution in [3.05, 3.63) is 99.0 Å². The zero-order chi connectivity index (χ0) is 19.5. The van der Waals surface area contributed by atoms with Crippen molar-refractivity contribution in [2.24, 2.45) is 0 Å². The number of hydrogen-bond donors (Lipinski definition) is 1. The molecule has 0 aliphatic carbocycles. The van der Waals surface area contributed by atoms with Gasteiger partial charge in [0, 0.05) is 15.6 Å². The third-order valence-electron chi connectivity index (χ3n) is 4.07. The number of rotatable bonds is 4. The molecule has 4 aromatic rings. The molecule has 28 heavy (non-hydrogen) atoms. The Labute approximate surface area is 176 Å². The molecule has 138 valence electrons. The number of carbonyl (C=O) groups excluding carboxylic acids is 1. The molecule has 0 bridgehead atoms. The molecule has 0 atom stereocenters. The highest BCUT2D eigenvalue weighted by atomic mass is 35.5. The van der Waals surface area contributed by atoms with Crippen molar-refractivity contribution < 1.29 is 4.79 Å². The number of hydrogen-bond acceptors (Lipinski definition) is 3. The standard InChI is InChI=1S/C22H14Cl2N2OS/c23-16-11-10-15(17(24)13-16)12-19(25-21(27)14-6-2-1-3-7-14)22-26-18-8-4-5-9-20(18)28-22/h1-13H,(H,25,27)/b19-12+. The lowest BCUT2D eigenvalue weighted by molar-refractivity contribution is 0.0974. The minimum Gasteiger partial charge on any atom is -0.319 e. The van der Waals surface area contributed by atoms with Crippen LogP contribution in [-0.4, -0.2) is 10.9 Å². The molecule has 0 aliphatic heterocycles. The number of aromatic nitrogens is 1. The number of fused-ring (bicyclic) bond motifs is 1. The lowest BCUT2D eigenvalue weighted by Gasteiger charge is -2.09. The number of nitrogens with zero attached hydrogens (tertiary/aromatic N) is 1. The Morgan fingerprint density at radius 3 is 2.46 bits per heavy atom. The summed E-state index contributed by atoms with van der Waals surface area (Å²) in [6.07, 6.45) is 1.82. The van der Waals surface area contributed by atoms with Gasteiger partial charge in [0.05, 0.1) is 15.9 Å². The van der Waals surface area contributed by atoms with Crippen molar-refractivity contribution in [2.75, 3.05) is 0 Å². The molecule has 1 aromatic heterocycles. The van der Waals surface area contributed by atoms with Crippen LogP contribution in [0.3, 0.4) is 0 Å². The average Bonchev–Trinajstić information content (AvgIpc) is 3.14. The van der Waals surface area contributed by atoms with Crippen molar-refractivity contribution in [3.8, 4) is 0 Å². The first-order valence-corrected chi connectivity index (χ1v) is 10.1. The summed E-state index contributed by atoms with van der Waals surface area (Å²) in [6, 6.07) is 22.1. The SMILES string of the molecule is O=C(N/C(=C/c1ccc(Cl)cc1Cl)c1nc2ccccc2s1)c1ccccc1. The topological polar surface area (TPSA) is 42.0 Å². The summed E-state index contributed by atoms with van der Waals surface area (Å²) in [4.78, 5) is 17.4. The van der Waals surface area contributed by atoms with E-state index in [1.807, 2.05) is 54.6 Å². The van der Waals surface area contributed by atoms with Gasteiger partial charge < -0.3 is 5.32 Å². The van der Waals surface area contributed by atoms with Gasteiger partial charge in [0.1, 0.15) is 5.01 Å². The van der Waals surface area contributed by atoms with Gasteiger partial charge in [0.25, 0.3) is 5.91 Å². The van der Waals surface area contributed by atoms with Crippen LogP contribution in [0.15, 0.2) is 72.8 Å². The summed E-state index contributed by atoms with van der Waals surface area (Å²) in [7, 11) is 0. The zero-order valence-electron chi connectivity index (χ0n) is 14.5. The first kappa shape index (κ1) is 18.7. The van der Waals surface area contributed by atoms with E-state index in [2.05, 4.69) is 10.3 Å². The van der Waals surface area contributed by atoms with E-state index in [1.54, 1.807) is 24.3 Å². The van der Waals surface area contributed by atoms with Gasteiger partial charge in [-0.05, 0) is 48.0 Å². The van der Waals surface area contributed by atoms with Crippen LogP contribution < -0.4 is 5.32 Å². The smallest absolute Gasteiger partial charge is 0.255 e. The molecule has 0 saturated carbocycles. The molecule has 1 N–H and O–H groups in total. The van der Waals surface area contributed by atoms with Crippen LogP contribution in [0.2, 0.25) is 10.0 Å². The summed E-state index contributed by atoms with van der Waals surface area (Å²) in [5.74, 6) is -0.212. The third-order valence-corrected chi connectivity index (χ3v) is 5.70. The molecule has 0 saturated heterocycles. The Hall–Kier alpha value is -2.66. The van der Waals surface area contributed by atoms with E-state index < -0.39 is 0 Å². The second-order valence-electron chi connectivity index (χ2n) is 6.03. The Morgan fingerprint density at radius 2 is 1.71 bits per heavy atom. The number of nitrogens with one attached hydrogen (secondary N) is 1. The van der Waals surface area contributed by atoms with Crippen LogP contribution in [0.1, 0.15) is 20.9 Å². The third kappa shape index (κ3) is 4.09. The average molecular weight is 425 g/mol. The van der Waals surface area contributed by atoms with E-state index in [1.165, 1.54) is 11.3 Å². The molecule has 3 nitrogen and oxygen atoms in total. The largest absolute Gasteiger partial charge is 0.319 e. The minimum atomic E-state index is -0.212. The second-order valence-corrected chi connectivity index (χ2v) is 7.91. The van der Waals surface area contributed by atoms with E-state index >= 15 is 0 Å². The molecule has 0 aliphatic rings. The lowest BCUT2D eigenvalue weighted by atomic mass is 10.1. The number of para-hydroxylation sites is 1. The van der Waals surface area contributed by atoms with Gasteiger partial charge in [-0.2, -0.15) is 0 Å². The maximum Gasteiger partial charge on any atom is 0.255 e. The molecule has 0 unspecified atom stereocenters. The summed E-state index contributed by atoms with van der Waals surface area (Å²) in [5, 5.41) is 4.74. The minimum absolute atomic E-state index is 0.212. The van der Waals surface area contributed by atoms with Crippen molar-refractivity contribution in [2.45, 2.75) is 0 Å². The maximum atomic E-state index is 12.7. The maximum absolute atomic E-state index is 12.7. The second kappa shape index (κ2) is 8.15. The van der Waals surface area contributed by atoms with Crippen molar-refractivity contribution in [1.82, 2.24) is 10.3 Å². The Morgan fingerprint density at radius 1 is 0.964 bits per heavy atom. The van der Waals surface area contributed by atoms with Crippen LogP contribution in [0.5, 0.6) is 0 Å². The predicted octanol–water partition coefficient (Wildman–Crippen LogP) is 6.53. The summed E-state index contributed by atoms with van der Waals surface area (Å²) < 4.78 is 1.04. The van der Waals surface area contributed by atoms with E-state index in [-0.39, 0.29) is 5.91 Å². The van der Waals surface area contributed by atoms with Crippen LogP contribution in [0.4, 0.5) is 0 Å². The fourth-order valence-corrected chi connectivity index (χ4v) is 4.10. The summed E-state index contributed by atoms with van der Waals surface area (Å²) in [6.45, 7) is 0. The summed E-state index contributed by atoms with van der Waals surface area (Å²) >= 11 is 13.8. The molecule has 6 heteroatoms. The molecule has 1 heterocycles. The molecule has 0 radical (unpaired) electrons. The molecular weight excluding hydrogens is 411 g/mol. The van der Waals surface area contributed by atoms with Gasteiger partial charge >= 0.3 is 0 Å². The van der Waals surface area contributed by atoms with Gasteiger partial charge in [0.15, 0.2) is 0 Å². The Bertz CT molecular complexity index is 1150. The molecule has 0 fully saturated rings. The van der Waals surface area contributed by atoms with Gasteiger partial charge in [0.2, 0.25) is 0 Å². The van der Waals surface area contributed by atoms with Crippen molar-refractivity contribution in [3.63, 3.8) is 0 Å². The predicted molar refractivity (Wildman–Crippen MR) is 118 cm³/mol. The van der Waals surface area contributed by atoms with Crippen molar-refractivity contribution >= 4 is 62.4 Å². The number of amides is 1. The van der Waals surface area contributed by atoms with E-state index in [4.69, 9.17) is 23.2 Å². The van der Waals surface area contributed by atoms with Crippen LogP contribution in [0, 0.1) is 0 Å².